The number of nitrogens with two attached hydrogens (primary N) is 1. The third-order valence-corrected chi connectivity index (χ3v) is 4.45. The smallest absolute Gasteiger partial charge is 0.327 e. The Morgan fingerprint density at radius 3 is 2.48 bits per heavy atom. The van der Waals surface area contributed by atoms with Gasteiger partial charge in [0, 0.05) is 12.3 Å². The van der Waals surface area contributed by atoms with E-state index in [2.05, 4.69) is 23.3 Å². The molecule has 9 nitrogen and oxygen atoms in total. The van der Waals surface area contributed by atoms with Gasteiger partial charge in [-0.3, -0.25) is 14.4 Å². The molecular weight excluding hydrogens is 348 g/mol. The molecule has 1 fully saturated rings. The summed E-state index contributed by atoms with van der Waals surface area (Å²) in [6, 6.07) is -2.46. The number of thiol groups is 1. The Balaban J connectivity index is 2.57. The van der Waals surface area contributed by atoms with Gasteiger partial charge in [0.25, 0.3) is 0 Å². The maximum Gasteiger partial charge on any atom is 0.327 e. The average Bonchev–Trinajstić information content (AvgIpc) is 3.05. The van der Waals surface area contributed by atoms with Crippen LogP contribution in [0.25, 0.3) is 0 Å². The highest BCUT2D eigenvalue weighted by Crippen LogP contribution is 2.19. The van der Waals surface area contributed by atoms with E-state index in [0.717, 1.165) is 0 Å². The van der Waals surface area contributed by atoms with Crippen molar-refractivity contribution in [2.24, 2.45) is 11.7 Å². The summed E-state index contributed by atoms with van der Waals surface area (Å²) in [7, 11) is 0. The Morgan fingerprint density at radius 1 is 1.32 bits per heavy atom. The van der Waals surface area contributed by atoms with E-state index in [1.165, 1.54) is 4.90 Å². The quantitative estimate of drug-likeness (QED) is 0.330. The van der Waals surface area contributed by atoms with Crippen molar-refractivity contribution in [2.75, 3.05) is 18.8 Å². The van der Waals surface area contributed by atoms with E-state index < -0.39 is 35.9 Å². The second kappa shape index (κ2) is 9.62. The molecule has 0 aromatic heterocycles. The zero-order valence-electron chi connectivity index (χ0n) is 14.4. The largest absolute Gasteiger partial charge is 0.480 e. The summed E-state index contributed by atoms with van der Waals surface area (Å²) in [5.74, 6) is -2.67. The summed E-state index contributed by atoms with van der Waals surface area (Å²) in [5, 5.41) is 13.5. The molecule has 1 saturated heterocycles. The van der Waals surface area contributed by atoms with Gasteiger partial charge in [-0.1, -0.05) is 13.8 Å². The van der Waals surface area contributed by atoms with E-state index in [9.17, 15) is 19.2 Å². The molecule has 0 aromatic rings. The third kappa shape index (κ3) is 5.89. The highest BCUT2D eigenvalue weighted by molar-refractivity contribution is 7.80. The molecule has 0 radical (unpaired) electrons. The first kappa shape index (κ1) is 21.2. The van der Waals surface area contributed by atoms with Crippen molar-refractivity contribution in [1.82, 2.24) is 15.5 Å². The molecule has 3 amide bonds. The van der Waals surface area contributed by atoms with Crippen LogP contribution in [0.5, 0.6) is 0 Å². The topological polar surface area (TPSA) is 142 Å². The number of rotatable bonds is 8. The molecule has 0 saturated carbocycles. The highest BCUT2D eigenvalue weighted by atomic mass is 32.1. The minimum Gasteiger partial charge on any atom is -0.480 e. The van der Waals surface area contributed by atoms with Crippen molar-refractivity contribution < 1.29 is 24.3 Å². The van der Waals surface area contributed by atoms with Gasteiger partial charge in [-0.15, -0.1) is 0 Å². The minimum absolute atomic E-state index is 0.0447. The number of hydrogen-bond donors (Lipinski definition) is 5. The second-order valence-electron chi connectivity index (χ2n) is 6.32. The monoisotopic (exact) mass is 374 g/mol. The first-order valence-corrected chi connectivity index (χ1v) is 8.79. The lowest BCUT2D eigenvalue weighted by Crippen LogP contribution is -2.54. The Bertz CT molecular complexity index is 528. The first-order chi connectivity index (χ1) is 11.7. The number of carboxylic acid groups (broad SMARTS) is 1. The van der Waals surface area contributed by atoms with Crippen molar-refractivity contribution in [1.29, 1.82) is 0 Å². The molecule has 0 aromatic carbocycles. The number of hydrogen-bond acceptors (Lipinski definition) is 6. The molecule has 142 valence electrons. The number of carbonyl (C=O) groups excluding carboxylic acids is 3. The van der Waals surface area contributed by atoms with Crippen LogP contribution in [0.1, 0.15) is 26.7 Å². The molecule has 0 bridgehead atoms. The van der Waals surface area contributed by atoms with E-state index in [1.807, 2.05) is 13.8 Å². The van der Waals surface area contributed by atoms with Gasteiger partial charge in [-0.2, -0.15) is 12.6 Å². The van der Waals surface area contributed by atoms with Crippen molar-refractivity contribution >= 4 is 36.3 Å². The van der Waals surface area contributed by atoms with Crippen molar-refractivity contribution in [3.8, 4) is 0 Å². The number of carboxylic acids is 1. The van der Waals surface area contributed by atoms with Gasteiger partial charge >= 0.3 is 5.97 Å². The molecule has 25 heavy (non-hydrogen) atoms. The van der Waals surface area contributed by atoms with Gasteiger partial charge in [-0.25, -0.2) is 4.79 Å². The second-order valence-corrected chi connectivity index (χ2v) is 6.68. The molecule has 1 aliphatic rings. The van der Waals surface area contributed by atoms with Crippen LogP contribution in [0, 0.1) is 5.92 Å². The minimum atomic E-state index is -1.20. The molecule has 1 heterocycles. The zero-order chi connectivity index (χ0) is 19.1. The molecule has 3 unspecified atom stereocenters. The van der Waals surface area contributed by atoms with E-state index >= 15 is 0 Å². The molecule has 0 aliphatic carbocycles. The normalized spacial score (nSPS) is 19.4. The first-order valence-electron chi connectivity index (χ1n) is 8.15. The number of nitrogens with zero attached hydrogens (tertiary/aromatic N) is 1. The summed E-state index contributed by atoms with van der Waals surface area (Å²) in [6.45, 7) is 3.74. The number of aliphatic carboxylic acids is 1. The maximum absolute atomic E-state index is 12.4. The molecule has 0 spiro atoms. The lowest BCUT2D eigenvalue weighted by Gasteiger charge is -2.28. The summed E-state index contributed by atoms with van der Waals surface area (Å²) in [5.41, 5.74) is 5.87. The lowest BCUT2D eigenvalue weighted by atomic mass is 10.0. The van der Waals surface area contributed by atoms with Crippen LogP contribution < -0.4 is 16.4 Å². The summed E-state index contributed by atoms with van der Waals surface area (Å²) in [4.78, 5) is 48.7. The number of carbonyl (C=O) groups is 4. The third-order valence-electron chi connectivity index (χ3n) is 4.08. The van der Waals surface area contributed by atoms with E-state index in [4.69, 9.17) is 10.8 Å². The highest BCUT2D eigenvalue weighted by Gasteiger charge is 2.36. The Labute approximate surface area is 152 Å². The number of amides is 3. The van der Waals surface area contributed by atoms with Crippen LogP contribution in [0.2, 0.25) is 0 Å². The van der Waals surface area contributed by atoms with Gasteiger partial charge in [0.1, 0.15) is 12.1 Å². The molecule has 3 atom stereocenters. The maximum atomic E-state index is 12.4. The fourth-order valence-corrected chi connectivity index (χ4v) is 2.74. The molecule has 1 aliphatic heterocycles. The fraction of sp³-hybridized carbons (Fsp3) is 0.733. The van der Waals surface area contributed by atoms with Crippen LogP contribution in [-0.2, 0) is 19.2 Å². The summed E-state index contributed by atoms with van der Waals surface area (Å²) >= 11 is 3.84. The van der Waals surface area contributed by atoms with Crippen LogP contribution in [0.15, 0.2) is 0 Å². The average molecular weight is 374 g/mol. The molecule has 1 rings (SSSR count). The van der Waals surface area contributed by atoms with Crippen LogP contribution in [0.3, 0.4) is 0 Å². The van der Waals surface area contributed by atoms with Crippen LogP contribution in [0.4, 0.5) is 0 Å². The number of nitrogens with one attached hydrogen (secondary N) is 2. The lowest BCUT2D eigenvalue weighted by molar-refractivity contribution is -0.141. The zero-order valence-corrected chi connectivity index (χ0v) is 15.3. The van der Waals surface area contributed by atoms with E-state index in [-0.39, 0.29) is 24.1 Å². The predicted octanol–water partition coefficient (Wildman–Crippen LogP) is -1.42. The van der Waals surface area contributed by atoms with Crippen molar-refractivity contribution in [3.05, 3.63) is 0 Å². The molecule has 5 N–H and O–H groups in total. The Hall–Kier alpha value is -1.81. The molecule has 10 heteroatoms. The van der Waals surface area contributed by atoms with E-state index in [1.54, 1.807) is 0 Å². The molecular formula is C15H26N4O5S. The Morgan fingerprint density at radius 2 is 1.96 bits per heavy atom. The standard InChI is InChI=1S/C15H26N4O5S/c1-8(2)12(16)14(22)19-5-3-4-10(19)13(21)17-6-11(20)18-9(7-25)15(23)24/h8-10,12,25H,3-7,16H2,1-2H3,(H,17,21)(H,18,20)(H,23,24). The number of likely N-dealkylation sites (tertiary alicyclic amines) is 1. The van der Waals surface area contributed by atoms with Gasteiger partial charge in [0.15, 0.2) is 0 Å². The Kier molecular flexibility index (Phi) is 8.17. The van der Waals surface area contributed by atoms with Crippen molar-refractivity contribution in [2.45, 2.75) is 44.8 Å². The summed E-state index contributed by atoms with van der Waals surface area (Å²) in [6.07, 6.45) is 1.18. The van der Waals surface area contributed by atoms with Gasteiger partial charge in [0.05, 0.1) is 12.6 Å². The van der Waals surface area contributed by atoms with Crippen LogP contribution >= 0.6 is 12.6 Å². The van der Waals surface area contributed by atoms with Gasteiger partial charge < -0.3 is 26.4 Å². The fourth-order valence-electron chi connectivity index (χ4n) is 2.50. The van der Waals surface area contributed by atoms with Gasteiger partial charge in [0.2, 0.25) is 17.7 Å². The van der Waals surface area contributed by atoms with Crippen molar-refractivity contribution in [3.63, 3.8) is 0 Å². The predicted molar refractivity (Wildman–Crippen MR) is 94.0 cm³/mol. The SMILES string of the molecule is CC(C)C(N)C(=O)N1CCCC1C(=O)NCC(=O)NC(CS)C(=O)O. The van der Waals surface area contributed by atoms with Crippen LogP contribution in [-0.4, -0.2) is 70.7 Å². The summed E-state index contributed by atoms with van der Waals surface area (Å²) < 4.78 is 0. The van der Waals surface area contributed by atoms with E-state index in [0.29, 0.717) is 19.4 Å². The van der Waals surface area contributed by atoms with Gasteiger partial charge in [-0.05, 0) is 18.8 Å².